The molecule has 0 radical (unpaired) electrons. The molecule has 2 rings (SSSR count). The van der Waals surface area contributed by atoms with Gasteiger partial charge in [-0.25, -0.2) is 0 Å². The van der Waals surface area contributed by atoms with Gasteiger partial charge in [-0.05, 0) is 55.3 Å². The highest BCUT2D eigenvalue weighted by molar-refractivity contribution is 9.10. The van der Waals surface area contributed by atoms with Gasteiger partial charge in [-0.2, -0.15) is 5.26 Å². The van der Waals surface area contributed by atoms with Gasteiger partial charge in [0.15, 0.2) is 0 Å². The third-order valence-corrected chi connectivity index (χ3v) is 3.71. The molecule has 0 aliphatic heterocycles. The second-order valence-electron chi connectivity index (χ2n) is 4.38. The van der Waals surface area contributed by atoms with Gasteiger partial charge < -0.3 is 5.32 Å². The van der Waals surface area contributed by atoms with E-state index in [4.69, 9.17) is 5.26 Å². The Morgan fingerprint density at radius 1 is 0.947 bits per heavy atom. The molecule has 1 N–H and O–H groups in total. The number of nitrogens with zero attached hydrogens (tertiary/aromatic N) is 1. The molecule has 2 aromatic carbocycles. The number of rotatable bonds is 2. The first-order valence-corrected chi connectivity index (χ1v) is 7.32. The Morgan fingerprint density at radius 3 is 2.11 bits per heavy atom. The van der Waals surface area contributed by atoms with E-state index < -0.39 is 0 Å². The number of hydrogen-bond acceptors (Lipinski definition) is 2. The number of nitriles is 1. The van der Waals surface area contributed by atoms with Crippen molar-refractivity contribution in [2.45, 2.75) is 13.8 Å². The molecular weight excluding hydrogens is 368 g/mol. The summed E-state index contributed by atoms with van der Waals surface area (Å²) in [6, 6.07) is 11.9. The van der Waals surface area contributed by atoms with Gasteiger partial charge >= 0.3 is 0 Å². The van der Waals surface area contributed by atoms with Gasteiger partial charge in [-0.3, -0.25) is 0 Å². The van der Waals surface area contributed by atoms with Crippen molar-refractivity contribution in [2.75, 3.05) is 5.32 Å². The number of halogens is 2. The Labute approximate surface area is 129 Å². The summed E-state index contributed by atoms with van der Waals surface area (Å²) in [6.07, 6.45) is 0. The number of nitrogens with one attached hydrogen (secondary N) is 1. The summed E-state index contributed by atoms with van der Waals surface area (Å²) in [7, 11) is 0. The Kier molecular flexibility index (Phi) is 4.28. The van der Waals surface area contributed by atoms with E-state index in [2.05, 4.69) is 69.2 Å². The topological polar surface area (TPSA) is 35.8 Å². The molecule has 2 nitrogen and oxygen atoms in total. The lowest BCUT2D eigenvalue weighted by molar-refractivity contribution is 1.34. The molecule has 0 heterocycles. The van der Waals surface area contributed by atoms with Gasteiger partial charge in [0.25, 0.3) is 0 Å². The highest BCUT2D eigenvalue weighted by Gasteiger charge is 2.06. The van der Waals surface area contributed by atoms with Crippen LogP contribution in [0.4, 0.5) is 11.4 Å². The Morgan fingerprint density at radius 2 is 1.53 bits per heavy atom. The SMILES string of the molecule is Cc1cc(Br)cc(C)c1Nc1cc(Br)cc(C#N)c1. The maximum atomic E-state index is 8.99. The zero-order chi connectivity index (χ0) is 14.0. The molecule has 0 atom stereocenters. The zero-order valence-corrected chi connectivity index (χ0v) is 13.8. The van der Waals surface area contributed by atoms with Crippen molar-refractivity contribution >= 4 is 43.2 Å². The molecule has 0 amide bonds. The second-order valence-corrected chi connectivity index (χ2v) is 6.21. The van der Waals surface area contributed by atoms with E-state index in [-0.39, 0.29) is 0 Å². The fourth-order valence-electron chi connectivity index (χ4n) is 1.98. The van der Waals surface area contributed by atoms with Gasteiger partial charge in [-0.1, -0.05) is 31.9 Å². The molecular formula is C15H12Br2N2. The van der Waals surface area contributed by atoms with E-state index in [1.54, 1.807) is 6.07 Å². The van der Waals surface area contributed by atoms with Crippen molar-refractivity contribution in [3.8, 4) is 6.07 Å². The Bertz CT molecular complexity index is 649. The smallest absolute Gasteiger partial charge is 0.0992 e. The van der Waals surface area contributed by atoms with E-state index in [0.717, 1.165) is 31.4 Å². The summed E-state index contributed by atoms with van der Waals surface area (Å²) in [6.45, 7) is 4.12. The van der Waals surface area contributed by atoms with Gasteiger partial charge in [-0.15, -0.1) is 0 Å². The van der Waals surface area contributed by atoms with Crippen LogP contribution in [0.15, 0.2) is 39.3 Å². The molecule has 0 aliphatic rings. The van der Waals surface area contributed by atoms with Crippen LogP contribution in [-0.2, 0) is 0 Å². The summed E-state index contributed by atoms with van der Waals surface area (Å²) < 4.78 is 1.96. The average Bonchev–Trinajstić information content (AvgIpc) is 2.33. The van der Waals surface area contributed by atoms with Gasteiger partial charge in [0.2, 0.25) is 0 Å². The predicted molar refractivity (Wildman–Crippen MR) is 85.8 cm³/mol. The molecule has 0 spiro atoms. The lowest BCUT2D eigenvalue weighted by Crippen LogP contribution is -1.97. The molecule has 0 bridgehead atoms. The molecule has 0 fully saturated rings. The van der Waals surface area contributed by atoms with Crippen LogP contribution in [0, 0.1) is 25.2 Å². The van der Waals surface area contributed by atoms with Crippen LogP contribution in [0.2, 0.25) is 0 Å². The summed E-state index contributed by atoms with van der Waals surface area (Å²) in [5, 5.41) is 12.4. The standard InChI is InChI=1S/C15H12Br2N2/c1-9-3-12(16)4-10(2)15(9)19-14-6-11(8-18)5-13(17)7-14/h3-7,19H,1-2H3. The third-order valence-electron chi connectivity index (χ3n) is 2.79. The minimum Gasteiger partial charge on any atom is -0.355 e. The zero-order valence-electron chi connectivity index (χ0n) is 10.6. The van der Waals surface area contributed by atoms with Crippen LogP contribution in [0.25, 0.3) is 0 Å². The fourth-order valence-corrected chi connectivity index (χ4v) is 3.16. The third kappa shape index (κ3) is 3.37. The number of aryl methyl sites for hydroxylation is 2. The van der Waals surface area contributed by atoms with Crippen LogP contribution < -0.4 is 5.32 Å². The molecule has 4 heteroatoms. The van der Waals surface area contributed by atoms with Crippen molar-refractivity contribution in [1.29, 1.82) is 5.26 Å². The number of hydrogen-bond donors (Lipinski definition) is 1. The predicted octanol–water partition coefficient (Wildman–Crippen LogP) is 5.44. The van der Waals surface area contributed by atoms with E-state index in [1.807, 2.05) is 12.1 Å². The Hall–Kier alpha value is -1.31. The number of anilines is 2. The molecule has 2 aromatic rings. The highest BCUT2D eigenvalue weighted by Crippen LogP contribution is 2.29. The van der Waals surface area contributed by atoms with Gasteiger partial charge in [0, 0.05) is 20.3 Å². The maximum absolute atomic E-state index is 8.99. The van der Waals surface area contributed by atoms with Crippen molar-refractivity contribution in [3.05, 3.63) is 56.0 Å². The first kappa shape index (κ1) is 14.1. The molecule has 0 aromatic heterocycles. The van der Waals surface area contributed by atoms with Crippen molar-refractivity contribution in [2.24, 2.45) is 0 Å². The molecule has 0 saturated heterocycles. The van der Waals surface area contributed by atoms with Crippen LogP contribution in [-0.4, -0.2) is 0 Å². The first-order chi connectivity index (χ1) is 8.99. The monoisotopic (exact) mass is 378 g/mol. The average molecular weight is 380 g/mol. The second kappa shape index (κ2) is 5.77. The van der Waals surface area contributed by atoms with E-state index in [0.29, 0.717) is 5.56 Å². The molecule has 0 aliphatic carbocycles. The van der Waals surface area contributed by atoms with Crippen LogP contribution in [0.1, 0.15) is 16.7 Å². The van der Waals surface area contributed by atoms with Crippen molar-refractivity contribution in [3.63, 3.8) is 0 Å². The van der Waals surface area contributed by atoms with E-state index in [1.165, 1.54) is 0 Å². The summed E-state index contributed by atoms with van der Waals surface area (Å²) in [5.41, 5.74) is 4.92. The van der Waals surface area contributed by atoms with Gasteiger partial charge in [0.05, 0.1) is 11.6 Å². The maximum Gasteiger partial charge on any atom is 0.0992 e. The fraction of sp³-hybridized carbons (Fsp3) is 0.133. The van der Waals surface area contributed by atoms with E-state index in [9.17, 15) is 0 Å². The van der Waals surface area contributed by atoms with Crippen LogP contribution >= 0.6 is 31.9 Å². The normalized spacial score (nSPS) is 10.1. The summed E-state index contributed by atoms with van der Waals surface area (Å²) >= 11 is 6.91. The van der Waals surface area contributed by atoms with Crippen LogP contribution in [0.3, 0.4) is 0 Å². The molecule has 19 heavy (non-hydrogen) atoms. The molecule has 0 unspecified atom stereocenters. The lowest BCUT2D eigenvalue weighted by atomic mass is 10.1. The molecule has 0 saturated carbocycles. The van der Waals surface area contributed by atoms with Crippen molar-refractivity contribution in [1.82, 2.24) is 0 Å². The van der Waals surface area contributed by atoms with E-state index >= 15 is 0 Å². The quantitative estimate of drug-likeness (QED) is 0.753. The highest BCUT2D eigenvalue weighted by atomic mass is 79.9. The van der Waals surface area contributed by atoms with Gasteiger partial charge in [0.1, 0.15) is 0 Å². The van der Waals surface area contributed by atoms with Crippen LogP contribution in [0.5, 0.6) is 0 Å². The largest absolute Gasteiger partial charge is 0.355 e. The minimum atomic E-state index is 0.629. The summed E-state index contributed by atoms with van der Waals surface area (Å²) in [5.74, 6) is 0. The Balaban J connectivity index is 2.42. The summed E-state index contributed by atoms with van der Waals surface area (Å²) in [4.78, 5) is 0. The minimum absolute atomic E-state index is 0.629. The van der Waals surface area contributed by atoms with Crippen molar-refractivity contribution < 1.29 is 0 Å². The first-order valence-electron chi connectivity index (χ1n) is 5.74. The lowest BCUT2D eigenvalue weighted by Gasteiger charge is -2.14. The molecule has 96 valence electrons. The number of benzene rings is 2.